The third-order valence-electron chi connectivity index (χ3n) is 3.55. The molecule has 2 N–H and O–H groups in total. The molecule has 2 aromatic carbocycles. The summed E-state index contributed by atoms with van der Waals surface area (Å²) in [5.74, 6) is 0. The van der Waals surface area contributed by atoms with Crippen LogP contribution >= 0.6 is 0 Å². The number of aliphatic hydroxyl groups excluding tert-OH is 2. The standard InChI is InChI=1S/C19H24O4/c20-12-11-19(23-14-17-9-5-2-6-10-17)18(21)15-22-13-16-7-3-1-4-8-16/h1-10,18-21H,11-15H2/t18-,19+/m1/s1. The van der Waals surface area contributed by atoms with E-state index in [4.69, 9.17) is 14.6 Å². The zero-order valence-electron chi connectivity index (χ0n) is 13.2. The third kappa shape index (κ3) is 6.50. The van der Waals surface area contributed by atoms with Crippen molar-refractivity contribution >= 4 is 0 Å². The molecule has 23 heavy (non-hydrogen) atoms. The molecule has 2 aromatic rings. The van der Waals surface area contributed by atoms with Gasteiger partial charge < -0.3 is 19.7 Å². The summed E-state index contributed by atoms with van der Waals surface area (Å²) in [6.45, 7) is 0.993. The lowest BCUT2D eigenvalue weighted by Gasteiger charge is -2.23. The van der Waals surface area contributed by atoms with Crippen LogP contribution < -0.4 is 0 Å². The van der Waals surface area contributed by atoms with Crippen molar-refractivity contribution in [1.29, 1.82) is 0 Å². The van der Waals surface area contributed by atoms with Crippen LogP contribution in [-0.2, 0) is 22.7 Å². The maximum atomic E-state index is 10.2. The summed E-state index contributed by atoms with van der Waals surface area (Å²) >= 11 is 0. The molecule has 0 bridgehead atoms. The molecule has 4 heteroatoms. The summed E-state index contributed by atoms with van der Waals surface area (Å²) < 4.78 is 11.3. The summed E-state index contributed by atoms with van der Waals surface area (Å²) in [4.78, 5) is 0. The Hall–Kier alpha value is -1.72. The Bertz CT molecular complexity index is 530. The molecule has 2 rings (SSSR count). The normalized spacial score (nSPS) is 13.7. The first-order valence-corrected chi connectivity index (χ1v) is 7.85. The Morgan fingerprint density at radius 3 is 1.96 bits per heavy atom. The number of ether oxygens (including phenoxy) is 2. The van der Waals surface area contributed by atoms with Crippen LogP contribution in [0.25, 0.3) is 0 Å². The van der Waals surface area contributed by atoms with Crippen molar-refractivity contribution in [3.63, 3.8) is 0 Å². The van der Waals surface area contributed by atoms with Crippen molar-refractivity contribution in [2.45, 2.75) is 31.8 Å². The van der Waals surface area contributed by atoms with E-state index in [1.165, 1.54) is 0 Å². The predicted octanol–water partition coefficient (Wildman–Crippen LogP) is 2.53. The van der Waals surface area contributed by atoms with E-state index in [9.17, 15) is 5.11 Å². The predicted molar refractivity (Wildman–Crippen MR) is 88.8 cm³/mol. The average molecular weight is 316 g/mol. The molecular formula is C19H24O4. The van der Waals surface area contributed by atoms with E-state index in [1.54, 1.807) is 0 Å². The SMILES string of the molecule is OCC[C@H](OCc1ccccc1)[C@H](O)COCc1ccccc1. The van der Waals surface area contributed by atoms with Crippen LogP contribution in [0.5, 0.6) is 0 Å². The molecule has 0 aliphatic carbocycles. The van der Waals surface area contributed by atoms with Gasteiger partial charge in [-0.25, -0.2) is 0 Å². The number of benzene rings is 2. The van der Waals surface area contributed by atoms with E-state index >= 15 is 0 Å². The fraction of sp³-hybridized carbons (Fsp3) is 0.368. The minimum atomic E-state index is -0.769. The van der Waals surface area contributed by atoms with Crippen LogP contribution in [0.3, 0.4) is 0 Å². The summed E-state index contributed by atoms with van der Waals surface area (Å²) in [5.41, 5.74) is 2.09. The Morgan fingerprint density at radius 1 is 0.826 bits per heavy atom. The molecule has 0 aliphatic heterocycles. The van der Waals surface area contributed by atoms with Gasteiger partial charge in [-0.3, -0.25) is 0 Å². The van der Waals surface area contributed by atoms with E-state index in [2.05, 4.69) is 0 Å². The van der Waals surface area contributed by atoms with Crippen LogP contribution in [0, 0.1) is 0 Å². The quantitative estimate of drug-likeness (QED) is 0.707. The third-order valence-corrected chi connectivity index (χ3v) is 3.55. The molecule has 0 unspecified atom stereocenters. The van der Waals surface area contributed by atoms with Crippen molar-refractivity contribution in [2.75, 3.05) is 13.2 Å². The van der Waals surface area contributed by atoms with E-state index in [-0.39, 0.29) is 13.2 Å². The molecule has 0 radical (unpaired) electrons. The van der Waals surface area contributed by atoms with Gasteiger partial charge in [-0.1, -0.05) is 60.7 Å². The van der Waals surface area contributed by atoms with E-state index < -0.39 is 12.2 Å². The lowest BCUT2D eigenvalue weighted by molar-refractivity contribution is -0.0876. The molecule has 124 valence electrons. The van der Waals surface area contributed by atoms with Gasteiger partial charge in [-0.05, 0) is 17.5 Å². The Kier molecular flexibility index (Phi) is 7.77. The molecule has 2 atom stereocenters. The van der Waals surface area contributed by atoms with Crippen LogP contribution in [0.2, 0.25) is 0 Å². The van der Waals surface area contributed by atoms with Crippen molar-refractivity contribution in [1.82, 2.24) is 0 Å². The topological polar surface area (TPSA) is 58.9 Å². The van der Waals surface area contributed by atoms with Gasteiger partial charge in [0.2, 0.25) is 0 Å². The molecule has 0 saturated heterocycles. The largest absolute Gasteiger partial charge is 0.396 e. The molecular weight excluding hydrogens is 292 g/mol. The molecule has 0 spiro atoms. The number of hydrogen-bond acceptors (Lipinski definition) is 4. The van der Waals surface area contributed by atoms with Gasteiger partial charge in [0, 0.05) is 6.61 Å². The minimum absolute atomic E-state index is 0.0325. The first kappa shape index (κ1) is 17.6. The van der Waals surface area contributed by atoms with Gasteiger partial charge in [-0.2, -0.15) is 0 Å². The van der Waals surface area contributed by atoms with Gasteiger partial charge >= 0.3 is 0 Å². The highest BCUT2D eigenvalue weighted by Gasteiger charge is 2.20. The number of hydrogen-bond donors (Lipinski definition) is 2. The van der Waals surface area contributed by atoms with E-state index in [0.29, 0.717) is 19.6 Å². The molecule has 0 aromatic heterocycles. The van der Waals surface area contributed by atoms with E-state index in [0.717, 1.165) is 11.1 Å². The van der Waals surface area contributed by atoms with Crippen molar-refractivity contribution in [3.05, 3.63) is 71.8 Å². The van der Waals surface area contributed by atoms with E-state index in [1.807, 2.05) is 60.7 Å². The zero-order valence-corrected chi connectivity index (χ0v) is 13.2. The summed E-state index contributed by atoms with van der Waals surface area (Å²) in [7, 11) is 0. The van der Waals surface area contributed by atoms with Crippen LogP contribution in [0.4, 0.5) is 0 Å². The summed E-state index contributed by atoms with van der Waals surface area (Å²) in [6.07, 6.45) is -0.839. The Labute approximate surface area is 137 Å². The van der Waals surface area contributed by atoms with Gasteiger partial charge in [-0.15, -0.1) is 0 Å². The highest BCUT2D eigenvalue weighted by molar-refractivity contribution is 5.14. The second-order valence-electron chi connectivity index (χ2n) is 5.42. The average Bonchev–Trinajstić information content (AvgIpc) is 2.60. The van der Waals surface area contributed by atoms with Crippen LogP contribution in [-0.4, -0.2) is 35.6 Å². The molecule has 0 fully saturated rings. The van der Waals surface area contributed by atoms with Gasteiger partial charge in [0.05, 0.1) is 25.9 Å². The molecule has 0 aliphatic rings. The fourth-order valence-electron chi connectivity index (χ4n) is 2.27. The zero-order chi connectivity index (χ0) is 16.3. The monoisotopic (exact) mass is 316 g/mol. The molecule has 0 amide bonds. The Morgan fingerprint density at radius 2 is 1.39 bits per heavy atom. The van der Waals surface area contributed by atoms with Crippen molar-refractivity contribution in [3.8, 4) is 0 Å². The molecule has 4 nitrogen and oxygen atoms in total. The number of aliphatic hydroxyl groups is 2. The maximum absolute atomic E-state index is 10.2. The summed E-state index contributed by atoms with van der Waals surface area (Å²) in [5, 5.41) is 19.4. The first-order valence-electron chi connectivity index (χ1n) is 7.85. The first-order chi connectivity index (χ1) is 11.3. The highest BCUT2D eigenvalue weighted by Crippen LogP contribution is 2.11. The van der Waals surface area contributed by atoms with Crippen LogP contribution in [0.1, 0.15) is 17.5 Å². The van der Waals surface area contributed by atoms with Gasteiger partial charge in [0.15, 0.2) is 0 Å². The minimum Gasteiger partial charge on any atom is -0.396 e. The molecule has 0 saturated carbocycles. The molecule has 0 heterocycles. The number of rotatable bonds is 10. The lowest BCUT2D eigenvalue weighted by atomic mass is 10.1. The van der Waals surface area contributed by atoms with Gasteiger partial charge in [0.25, 0.3) is 0 Å². The smallest absolute Gasteiger partial charge is 0.104 e. The fourth-order valence-corrected chi connectivity index (χ4v) is 2.27. The second-order valence-corrected chi connectivity index (χ2v) is 5.42. The van der Waals surface area contributed by atoms with Crippen LogP contribution in [0.15, 0.2) is 60.7 Å². The maximum Gasteiger partial charge on any atom is 0.104 e. The summed E-state index contributed by atoms with van der Waals surface area (Å²) in [6, 6.07) is 19.6. The lowest BCUT2D eigenvalue weighted by Crippen LogP contribution is -2.33. The second kappa shape index (κ2) is 10.1. The highest BCUT2D eigenvalue weighted by atomic mass is 16.5. The Balaban J connectivity index is 1.77. The van der Waals surface area contributed by atoms with Crippen molar-refractivity contribution < 1.29 is 19.7 Å². The van der Waals surface area contributed by atoms with Gasteiger partial charge in [0.1, 0.15) is 6.10 Å². The van der Waals surface area contributed by atoms with Crippen molar-refractivity contribution in [2.24, 2.45) is 0 Å².